The predicted molar refractivity (Wildman–Crippen MR) is 135 cm³/mol. The number of carbonyl (C=O) groups excluding carboxylic acids is 2. The van der Waals surface area contributed by atoms with Gasteiger partial charge in [-0.3, -0.25) is 9.59 Å². The molecule has 3 rings (SSSR count). The number of carbonyl (C=O) groups is 2. The second kappa shape index (κ2) is 12.2. The summed E-state index contributed by atoms with van der Waals surface area (Å²) in [6.07, 6.45) is -4.08. The summed E-state index contributed by atoms with van der Waals surface area (Å²) in [5.74, 6) is -1.32. The zero-order chi connectivity index (χ0) is 28.7. The van der Waals surface area contributed by atoms with Gasteiger partial charge in [0.1, 0.15) is 17.2 Å². The number of rotatable bonds is 9. The highest BCUT2D eigenvalue weighted by Crippen LogP contribution is 2.37. The van der Waals surface area contributed by atoms with Crippen LogP contribution in [-0.4, -0.2) is 41.8 Å². The van der Waals surface area contributed by atoms with Crippen molar-refractivity contribution in [3.63, 3.8) is 0 Å². The van der Waals surface area contributed by atoms with Gasteiger partial charge in [-0.1, -0.05) is 18.2 Å². The molecule has 39 heavy (non-hydrogen) atoms. The van der Waals surface area contributed by atoms with E-state index in [0.717, 1.165) is 10.6 Å². The van der Waals surface area contributed by atoms with Gasteiger partial charge in [-0.15, -0.1) is 13.2 Å². The van der Waals surface area contributed by atoms with Crippen LogP contribution in [0.25, 0.3) is 11.1 Å². The summed E-state index contributed by atoms with van der Waals surface area (Å²) in [5, 5.41) is 14.8. The van der Waals surface area contributed by atoms with Crippen molar-refractivity contribution in [1.29, 1.82) is 0 Å². The summed E-state index contributed by atoms with van der Waals surface area (Å²) in [5.41, 5.74) is -0.544. The van der Waals surface area contributed by atoms with Crippen molar-refractivity contribution < 1.29 is 42.1 Å². The Hall–Kier alpha value is -4.68. The number of aromatic hydroxyl groups is 1. The highest BCUT2D eigenvalue weighted by Gasteiger charge is 2.33. The number of nitrogens with one attached hydrogen (secondary N) is 2. The van der Waals surface area contributed by atoms with Crippen molar-refractivity contribution in [2.75, 3.05) is 19.0 Å². The fourth-order valence-electron chi connectivity index (χ4n) is 3.68. The van der Waals surface area contributed by atoms with Gasteiger partial charge in [-0.25, -0.2) is 4.79 Å². The number of hydrogen-bond donors (Lipinski definition) is 3. The first-order valence-electron chi connectivity index (χ1n) is 11.6. The first-order chi connectivity index (χ1) is 18.4. The number of hydrogen-bond acceptors (Lipinski definition) is 7. The van der Waals surface area contributed by atoms with Crippen LogP contribution in [0.4, 0.5) is 23.7 Å². The van der Waals surface area contributed by atoms with Gasteiger partial charge in [-0.2, -0.15) is 0 Å². The molecule has 0 radical (unpaired) electrons. The summed E-state index contributed by atoms with van der Waals surface area (Å²) < 4.78 is 55.0. The molecule has 3 N–H and O–H groups in total. The van der Waals surface area contributed by atoms with Crippen LogP contribution in [0, 0.1) is 0 Å². The number of aryl methyl sites for hydroxylation is 1. The van der Waals surface area contributed by atoms with Gasteiger partial charge in [0.05, 0.1) is 26.2 Å². The van der Waals surface area contributed by atoms with Crippen molar-refractivity contribution in [2.24, 2.45) is 7.05 Å². The molecule has 3 aromatic rings. The Morgan fingerprint density at radius 3 is 2.54 bits per heavy atom. The van der Waals surface area contributed by atoms with Crippen LogP contribution < -0.4 is 25.7 Å². The molecular formula is C26H26F3N3O7. The summed E-state index contributed by atoms with van der Waals surface area (Å²) in [7, 11) is 2.82. The monoisotopic (exact) mass is 549 g/mol. The van der Waals surface area contributed by atoms with Gasteiger partial charge in [0.2, 0.25) is 0 Å². The van der Waals surface area contributed by atoms with Gasteiger partial charge in [-0.05, 0) is 48.4 Å². The molecule has 0 aliphatic rings. The maximum absolute atomic E-state index is 13.2. The SMILES string of the molecule is CCOC(=O)C[C@H](NC(=O)Nc1c(O)ccn(C)c1=O)c1ccc(OC(F)(F)F)c(-c2cccc(OC)c2)c1. The van der Waals surface area contributed by atoms with E-state index in [-0.39, 0.29) is 17.7 Å². The van der Waals surface area contributed by atoms with E-state index < -0.39 is 53.6 Å². The number of benzene rings is 2. The highest BCUT2D eigenvalue weighted by molar-refractivity contribution is 5.91. The molecule has 1 heterocycles. The molecule has 0 aliphatic carbocycles. The molecular weight excluding hydrogens is 523 g/mol. The van der Waals surface area contributed by atoms with Gasteiger partial charge in [0, 0.05) is 18.8 Å². The fraction of sp³-hybridized carbons (Fsp3) is 0.269. The first kappa shape index (κ1) is 28.9. The standard InChI is InChI=1S/C26H26F3N3O7/c1-4-38-22(34)14-19(30-25(36)31-23-20(33)10-11-32(2)24(23)35)16-8-9-21(39-26(27,28)29)18(13-16)15-6-5-7-17(12-15)37-3/h5-13,19,33H,4,14H2,1-3H3,(H2,30,31,36)/t19-/m0/s1. The minimum atomic E-state index is -4.98. The molecule has 0 spiro atoms. The minimum absolute atomic E-state index is 0.00867. The zero-order valence-corrected chi connectivity index (χ0v) is 21.2. The zero-order valence-electron chi connectivity index (χ0n) is 21.2. The molecule has 10 nitrogen and oxygen atoms in total. The van der Waals surface area contributed by atoms with E-state index >= 15 is 0 Å². The molecule has 0 unspecified atom stereocenters. The van der Waals surface area contributed by atoms with Crippen LogP contribution in [0.2, 0.25) is 0 Å². The number of amides is 2. The number of aromatic nitrogens is 1. The third kappa shape index (κ3) is 7.66. The van der Waals surface area contributed by atoms with Crippen LogP contribution in [0.1, 0.15) is 24.9 Å². The number of esters is 1. The van der Waals surface area contributed by atoms with Crippen molar-refractivity contribution in [3.8, 4) is 28.4 Å². The van der Waals surface area contributed by atoms with Gasteiger partial charge < -0.3 is 34.5 Å². The van der Waals surface area contributed by atoms with Crippen LogP contribution in [0.3, 0.4) is 0 Å². The predicted octanol–water partition coefficient (Wildman–Crippen LogP) is 4.48. The summed E-state index contributed by atoms with van der Waals surface area (Å²) >= 11 is 0. The Bertz CT molecular complexity index is 1410. The van der Waals surface area contributed by atoms with E-state index in [1.165, 1.54) is 44.6 Å². The Labute approximate surface area is 220 Å². The first-order valence-corrected chi connectivity index (χ1v) is 11.6. The van der Waals surface area contributed by atoms with Crippen LogP contribution in [0.15, 0.2) is 59.5 Å². The van der Waals surface area contributed by atoms with Gasteiger partial charge in [0.25, 0.3) is 5.56 Å². The Morgan fingerprint density at radius 2 is 1.87 bits per heavy atom. The lowest BCUT2D eigenvalue weighted by molar-refractivity contribution is -0.274. The van der Waals surface area contributed by atoms with E-state index in [1.54, 1.807) is 25.1 Å². The van der Waals surface area contributed by atoms with E-state index in [1.807, 2.05) is 0 Å². The molecule has 1 aromatic heterocycles. The highest BCUT2D eigenvalue weighted by atomic mass is 19.4. The van der Waals surface area contributed by atoms with E-state index in [0.29, 0.717) is 11.3 Å². The lowest BCUT2D eigenvalue weighted by Gasteiger charge is -2.21. The quantitative estimate of drug-likeness (QED) is 0.336. The number of alkyl halides is 3. The lowest BCUT2D eigenvalue weighted by atomic mass is 9.96. The lowest BCUT2D eigenvalue weighted by Crippen LogP contribution is -2.36. The third-order valence-electron chi connectivity index (χ3n) is 5.48. The summed E-state index contributed by atoms with van der Waals surface area (Å²) in [6, 6.07) is 9.01. The molecule has 208 valence electrons. The average Bonchev–Trinajstić information content (AvgIpc) is 2.88. The molecule has 0 fully saturated rings. The van der Waals surface area contributed by atoms with Crippen molar-refractivity contribution >= 4 is 17.7 Å². The summed E-state index contributed by atoms with van der Waals surface area (Å²) in [6.45, 7) is 1.64. The average molecular weight is 550 g/mol. The maximum atomic E-state index is 13.2. The van der Waals surface area contributed by atoms with Crippen molar-refractivity contribution in [2.45, 2.75) is 25.7 Å². The maximum Gasteiger partial charge on any atom is 0.573 e. The smallest absolute Gasteiger partial charge is 0.505 e. The molecule has 2 amide bonds. The third-order valence-corrected chi connectivity index (χ3v) is 5.48. The molecule has 0 saturated carbocycles. The molecule has 0 saturated heterocycles. The number of nitrogens with zero attached hydrogens (tertiary/aromatic N) is 1. The van der Waals surface area contributed by atoms with Gasteiger partial charge >= 0.3 is 18.4 Å². The summed E-state index contributed by atoms with van der Waals surface area (Å²) in [4.78, 5) is 37.5. The van der Waals surface area contributed by atoms with Crippen LogP contribution in [-0.2, 0) is 16.6 Å². The molecule has 13 heteroatoms. The van der Waals surface area contributed by atoms with Crippen LogP contribution >= 0.6 is 0 Å². The Kier molecular flexibility index (Phi) is 9.07. The Morgan fingerprint density at radius 1 is 1.13 bits per heavy atom. The second-order valence-corrected chi connectivity index (χ2v) is 8.19. The molecule has 0 bridgehead atoms. The number of ether oxygens (including phenoxy) is 3. The number of anilines is 1. The normalized spacial score (nSPS) is 11.8. The van der Waals surface area contributed by atoms with Crippen molar-refractivity contribution in [3.05, 3.63) is 70.6 Å². The number of urea groups is 1. The van der Waals surface area contributed by atoms with E-state index in [4.69, 9.17) is 9.47 Å². The minimum Gasteiger partial charge on any atom is -0.505 e. The van der Waals surface area contributed by atoms with Crippen LogP contribution in [0.5, 0.6) is 17.2 Å². The number of methoxy groups -OCH3 is 1. The van der Waals surface area contributed by atoms with Crippen molar-refractivity contribution in [1.82, 2.24) is 9.88 Å². The van der Waals surface area contributed by atoms with Gasteiger partial charge in [0.15, 0.2) is 5.69 Å². The molecule has 0 aliphatic heterocycles. The topological polar surface area (TPSA) is 128 Å². The number of pyridine rings is 1. The van der Waals surface area contributed by atoms with E-state index in [2.05, 4.69) is 15.4 Å². The number of halogens is 3. The Balaban J connectivity index is 2.03. The fourth-order valence-corrected chi connectivity index (χ4v) is 3.68. The molecule has 1 atom stereocenters. The molecule has 2 aromatic carbocycles. The second-order valence-electron chi connectivity index (χ2n) is 8.19. The van der Waals surface area contributed by atoms with E-state index in [9.17, 15) is 32.7 Å². The largest absolute Gasteiger partial charge is 0.573 e.